The lowest BCUT2D eigenvalue weighted by atomic mass is 10.2. The van der Waals surface area contributed by atoms with Crippen LogP contribution in [0.5, 0.6) is 5.88 Å². The first kappa shape index (κ1) is 19.6. The van der Waals surface area contributed by atoms with Gasteiger partial charge in [0, 0.05) is 38.1 Å². The zero-order valence-electron chi connectivity index (χ0n) is 15.6. The molecule has 1 fully saturated rings. The first-order valence-electron chi connectivity index (χ1n) is 9.38. The van der Waals surface area contributed by atoms with Gasteiger partial charge < -0.3 is 10.1 Å². The molecule has 0 atom stereocenters. The zero-order valence-corrected chi connectivity index (χ0v) is 16.4. The highest BCUT2D eigenvalue weighted by Gasteiger charge is 2.28. The molecule has 146 valence electrons. The maximum Gasteiger partial charge on any atom is 0.246 e. The fraction of sp³-hybridized carbons (Fsp3) is 0.474. The summed E-state index contributed by atoms with van der Waals surface area (Å²) in [6.45, 7) is 4.25. The second-order valence-corrected chi connectivity index (χ2v) is 8.43. The lowest BCUT2D eigenvalue weighted by molar-refractivity contribution is 0.305. The monoisotopic (exact) mass is 390 g/mol. The predicted octanol–water partition coefficient (Wildman–Crippen LogP) is 3.05. The molecule has 0 unspecified atom stereocenters. The van der Waals surface area contributed by atoms with Gasteiger partial charge in [0.1, 0.15) is 10.7 Å². The van der Waals surface area contributed by atoms with Gasteiger partial charge in [-0.05, 0) is 37.0 Å². The van der Waals surface area contributed by atoms with Crippen LogP contribution in [0.25, 0.3) is 0 Å². The predicted molar refractivity (Wildman–Crippen MR) is 104 cm³/mol. The van der Waals surface area contributed by atoms with Crippen LogP contribution in [0, 0.1) is 0 Å². The number of pyridine rings is 2. The molecule has 8 heteroatoms. The number of hydrogen-bond acceptors (Lipinski definition) is 6. The second kappa shape index (κ2) is 9.14. The Bertz CT molecular complexity index is 834. The van der Waals surface area contributed by atoms with E-state index in [1.165, 1.54) is 0 Å². The minimum absolute atomic E-state index is 0.225. The van der Waals surface area contributed by atoms with Gasteiger partial charge in [0.05, 0.1) is 6.61 Å². The van der Waals surface area contributed by atoms with E-state index >= 15 is 0 Å². The average molecular weight is 391 g/mol. The van der Waals surface area contributed by atoms with Gasteiger partial charge >= 0.3 is 0 Å². The third-order valence-electron chi connectivity index (χ3n) is 4.42. The van der Waals surface area contributed by atoms with Gasteiger partial charge in [-0.25, -0.2) is 18.4 Å². The fourth-order valence-electron chi connectivity index (χ4n) is 2.97. The van der Waals surface area contributed by atoms with Gasteiger partial charge in [-0.15, -0.1) is 0 Å². The van der Waals surface area contributed by atoms with E-state index in [1.807, 2.05) is 19.1 Å². The summed E-state index contributed by atoms with van der Waals surface area (Å²) < 4.78 is 33.0. The summed E-state index contributed by atoms with van der Waals surface area (Å²) >= 11 is 0. The molecule has 1 N–H and O–H groups in total. The molecule has 0 saturated carbocycles. The number of anilines is 1. The Morgan fingerprint density at radius 1 is 1.15 bits per heavy atom. The Labute approximate surface area is 160 Å². The van der Waals surface area contributed by atoms with E-state index in [0.29, 0.717) is 37.9 Å². The van der Waals surface area contributed by atoms with Crippen molar-refractivity contribution in [3.05, 3.63) is 42.2 Å². The number of sulfonamides is 1. The molecule has 27 heavy (non-hydrogen) atoms. The van der Waals surface area contributed by atoms with Crippen LogP contribution in [0.1, 0.15) is 38.2 Å². The van der Waals surface area contributed by atoms with Crippen LogP contribution in [-0.4, -0.2) is 42.4 Å². The number of aromatic nitrogens is 2. The van der Waals surface area contributed by atoms with Crippen molar-refractivity contribution in [2.24, 2.45) is 0 Å². The van der Waals surface area contributed by atoms with Crippen molar-refractivity contribution in [1.29, 1.82) is 0 Å². The summed E-state index contributed by atoms with van der Waals surface area (Å²) in [7, 11) is -3.54. The highest BCUT2D eigenvalue weighted by molar-refractivity contribution is 7.89. The first-order valence-corrected chi connectivity index (χ1v) is 10.8. The quantitative estimate of drug-likeness (QED) is 0.746. The number of nitrogens with zero attached hydrogens (tertiary/aromatic N) is 3. The molecule has 3 rings (SSSR count). The lowest BCUT2D eigenvalue weighted by Gasteiger charge is -2.26. The van der Waals surface area contributed by atoms with E-state index < -0.39 is 10.0 Å². The van der Waals surface area contributed by atoms with Crippen molar-refractivity contribution >= 4 is 15.8 Å². The van der Waals surface area contributed by atoms with Crippen LogP contribution in [0.3, 0.4) is 0 Å². The van der Waals surface area contributed by atoms with Gasteiger partial charge in [0.2, 0.25) is 15.9 Å². The fourth-order valence-corrected chi connectivity index (χ4v) is 4.61. The molecule has 3 heterocycles. The second-order valence-electron chi connectivity index (χ2n) is 6.52. The van der Waals surface area contributed by atoms with Crippen molar-refractivity contribution < 1.29 is 13.2 Å². The molecule has 7 nitrogen and oxygen atoms in total. The van der Waals surface area contributed by atoms with E-state index in [-0.39, 0.29) is 4.90 Å². The summed E-state index contributed by atoms with van der Waals surface area (Å²) in [5.74, 6) is 0.959. The number of rotatable bonds is 8. The summed E-state index contributed by atoms with van der Waals surface area (Å²) in [6.07, 6.45) is 7.13. The van der Waals surface area contributed by atoms with Crippen molar-refractivity contribution in [2.75, 3.05) is 25.0 Å². The van der Waals surface area contributed by atoms with E-state index in [1.54, 1.807) is 28.8 Å². The maximum absolute atomic E-state index is 13.0. The Hall–Kier alpha value is -2.19. The normalized spacial score (nSPS) is 15.4. The minimum atomic E-state index is -3.54. The molecule has 0 radical (unpaired) electrons. The molecule has 0 aliphatic carbocycles. The summed E-state index contributed by atoms with van der Waals surface area (Å²) in [5, 5.41) is 3.14. The molecule has 0 amide bonds. The topological polar surface area (TPSA) is 84.4 Å². The smallest absolute Gasteiger partial charge is 0.246 e. The van der Waals surface area contributed by atoms with Crippen LogP contribution < -0.4 is 10.1 Å². The van der Waals surface area contributed by atoms with Gasteiger partial charge in [0.15, 0.2) is 0 Å². The third kappa shape index (κ3) is 4.95. The van der Waals surface area contributed by atoms with Crippen LogP contribution in [0.2, 0.25) is 0 Å². The molecule has 1 aliphatic rings. The van der Waals surface area contributed by atoms with Gasteiger partial charge in [0.25, 0.3) is 0 Å². The van der Waals surface area contributed by atoms with Crippen LogP contribution in [-0.2, 0) is 16.6 Å². The highest BCUT2D eigenvalue weighted by Crippen LogP contribution is 2.25. The number of ether oxygens (including phenoxy) is 1. The van der Waals surface area contributed by atoms with E-state index in [4.69, 9.17) is 4.74 Å². The standard InChI is InChI=1S/C19H26N4O3S/c1-2-13-26-18-9-8-16(14-21-18)15-22-19-17(7-6-10-20-19)27(24,25)23-11-4-3-5-12-23/h6-10,14H,2-5,11-13,15H2,1H3,(H,20,22). The Morgan fingerprint density at radius 2 is 1.96 bits per heavy atom. The van der Waals surface area contributed by atoms with Crippen molar-refractivity contribution in [3.63, 3.8) is 0 Å². The molecule has 2 aromatic heterocycles. The first-order chi connectivity index (χ1) is 13.1. The molecular formula is C19H26N4O3S. The van der Waals surface area contributed by atoms with Crippen LogP contribution in [0.4, 0.5) is 5.82 Å². The van der Waals surface area contributed by atoms with E-state index in [0.717, 1.165) is 31.2 Å². The van der Waals surface area contributed by atoms with Crippen LogP contribution in [0.15, 0.2) is 41.6 Å². The van der Waals surface area contributed by atoms with E-state index in [2.05, 4.69) is 15.3 Å². The van der Waals surface area contributed by atoms with Gasteiger partial charge in [-0.1, -0.05) is 19.4 Å². The summed E-state index contributed by atoms with van der Waals surface area (Å²) in [6, 6.07) is 6.99. The molecule has 1 saturated heterocycles. The number of piperidine rings is 1. The Morgan fingerprint density at radius 3 is 2.67 bits per heavy atom. The maximum atomic E-state index is 13.0. The largest absolute Gasteiger partial charge is 0.478 e. The highest BCUT2D eigenvalue weighted by atomic mass is 32.2. The molecule has 2 aromatic rings. The van der Waals surface area contributed by atoms with Crippen molar-refractivity contribution in [3.8, 4) is 5.88 Å². The van der Waals surface area contributed by atoms with Crippen molar-refractivity contribution in [2.45, 2.75) is 44.0 Å². The number of hydrogen-bond donors (Lipinski definition) is 1. The van der Waals surface area contributed by atoms with Gasteiger partial charge in [-0.3, -0.25) is 0 Å². The zero-order chi connectivity index (χ0) is 19.1. The molecule has 0 spiro atoms. The third-order valence-corrected chi connectivity index (χ3v) is 6.35. The van der Waals surface area contributed by atoms with Crippen LogP contribution >= 0.6 is 0 Å². The molecular weight excluding hydrogens is 364 g/mol. The Balaban J connectivity index is 1.71. The molecule has 1 aliphatic heterocycles. The lowest BCUT2D eigenvalue weighted by Crippen LogP contribution is -2.36. The summed E-state index contributed by atoms with van der Waals surface area (Å²) in [5.41, 5.74) is 0.922. The number of nitrogens with one attached hydrogen (secondary N) is 1. The Kier molecular flexibility index (Phi) is 6.63. The van der Waals surface area contributed by atoms with Gasteiger partial charge in [-0.2, -0.15) is 4.31 Å². The SMILES string of the molecule is CCCOc1ccc(CNc2ncccc2S(=O)(=O)N2CCCCC2)cn1. The average Bonchev–Trinajstić information content (AvgIpc) is 2.72. The summed E-state index contributed by atoms with van der Waals surface area (Å²) in [4.78, 5) is 8.74. The molecule has 0 bridgehead atoms. The van der Waals surface area contributed by atoms with E-state index in [9.17, 15) is 8.42 Å². The minimum Gasteiger partial charge on any atom is -0.478 e. The molecule has 0 aromatic carbocycles. The van der Waals surface area contributed by atoms with Crippen molar-refractivity contribution in [1.82, 2.24) is 14.3 Å².